The Morgan fingerprint density at radius 2 is 1.89 bits per heavy atom. The number of rotatable bonds is 2. The molecule has 7 nitrogen and oxygen atoms in total. The summed E-state index contributed by atoms with van der Waals surface area (Å²) < 4.78 is 1.70. The normalized spacial score (nSPS) is 20.3. The van der Waals surface area contributed by atoms with Crippen molar-refractivity contribution in [3.05, 3.63) is 53.2 Å². The maximum absolute atomic E-state index is 12.5. The molecule has 7 heteroatoms. The van der Waals surface area contributed by atoms with Gasteiger partial charge < -0.3 is 5.11 Å². The van der Waals surface area contributed by atoms with Gasteiger partial charge in [-0.3, -0.25) is 14.5 Å². The molecule has 136 valence electrons. The van der Waals surface area contributed by atoms with E-state index in [9.17, 15) is 9.90 Å². The maximum atomic E-state index is 12.5. The van der Waals surface area contributed by atoms with Crippen LogP contribution >= 0.6 is 0 Å². The van der Waals surface area contributed by atoms with Crippen LogP contribution in [0.1, 0.15) is 31.7 Å². The van der Waals surface area contributed by atoms with Crippen molar-refractivity contribution in [2.75, 3.05) is 0 Å². The van der Waals surface area contributed by atoms with Crippen molar-refractivity contribution in [2.45, 2.75) is 37.8 Å². The first-order valence-corrected chi connectivity index (χ1v) is 9.19. The van der Waals surface area contributed by atoms with Gasteiger partial charge in [0.15, 0.2) is 11.3 Å². The van der Waals surface area contributed by atoms with Crippen molar-refractivity contribution in [3.8, 4) is 11.3 Å². The van der Waals surface area contributed by atoms with Gasteiger partial charge >= 0.3 is 5.69 Å². The van der Waals surface area contributed by atoms with Crippen LogP contribution in [0.3, 0.4) is 0 Å². The Morgan fingerprint density at radius 1 is 1.07 bits per heavy atom. The number of aliphatic hydroxyl groups is 1. The van der Waals surface area contributed by atoms with Crippen LogP contribution in [0, 0.1) is 0 Å². The lowest BCUT2D eigenvalue weighted by Gasteiger charge is -2.25. The van der Waals surface area contributed by atoms with Gasteiger partial charge in [0.05, 0.1) is 23.5 Å². The Balaban J connectivity index is 1.61. The summed E-state index contributed by atoms with van der Waals surface area (Å²) in [5.74, 6) is 0. The van der Waals surface area contributed by atoms with Gasteiger partial charge in [0, 0.05) is 23.2 Å². The van der Waals surface area contributed by atoms with Crippen molar-refractivity contribution < 1.29 is 5.11 Å². The molecule has 1 aliphatic rings. The molecule has 1 saturated carbocycles. The predicted octanol–water partition coefficient (Wildman–Crippen LogP) is 2.81. The second kappa shape index (κ2) is 6.28. The molecular formula is C20H19N5O2. The smallest absolute Gasteiger partial charge is 0.329 e. The van der Waals surface area contributed by atoms with Crippen molar-refractivity contribution in [2.24, 2.45) is 0 Å². The number of para-hydroxylation sites is 1. The van der Waals surface area contributed by atoms with Crippen LogP contribution in [0.2, 0.25) is 0 Å². The lowest BCUT2D eigenvalue weighted by molar-refractivity contribution is 0.111. The van der Waals surface area contributed by atoms with E-state index in [1.807, 2.05) is 30.3 Å². The lowest BCUT2D eigenvalue weighted by Crippen LogP contribution is -2.27. The number of aliphatic hydroxyl groups excluding tert-OH is 1. The molecule has 1 aromatic carbocycles. The van der Waals surface area contributed by atoms with E-state index in [2.05, 4.69) is 15.0 Å². The van der Waals surface area contributed by atoms with Gasteiger partial charge in [-0.1, -0.05) is 18.2 Å². The average Bonchev–Trinajstić information content (AvgIpc) is 3.03. The van der Waals surface area contributed by atoms with Crippen molar-refractivity contribution in [1.82, 2.24) is 24.5 Å². The van der Waals surface area contributed by atoms with Crippen LogP contribution in [0.15, 0.2) is 47.5 Å². The molecule has 27 heavy (non-hydrogen) atoms. The highest BCUT2D eigenvalue weighted by molar-refractivity contribution is 5.83. The number of benzene rings is 1. The van der Waals surface area contributed by atoms with E-state index in [0.29, 0.717) is 29.8 Å². The third-order valence-electron chi connectivity index (χ3n) is 5.34. The van der Waals surface area contributed by atoms with Crippen LogP contribution in [-0.4, -0.2) is 35.7 Å². The summed E-state index contributed by atoms with van der Waals surface area (Å²) in [6.07, 6.45) is 6.10. The molecule has 0 saturated heterocycles. The van der Waals surface area contributed by atoms with Gasteiger partial charge in [-0.15, -0.1) is 0 Å². The molecule has 0 radical (unpaired) electrons. The molecule has 3 heterocycles. The standard InChI is InChI=1S/C20H19N5O2/c26-15-7-5-14(6-8-15)25-19-18(24-20(25)27)22-11-17(23-19)13-9-12-3-1-2-4-16(12)21-10-13/h1-4,9-11,14-15,26H,5-8H2,(H,22,24,27). The molecule has 0 aliphatic heterocycles. The minimum Gasteiger partial charge on any atom is -0.393 e. The fraction of sp³-hybridized carbons (Fsp3) is 0.300. The number of pyridine rings is 1. The Labute approximate surface area is 154 Å². The Morgan fingerprint density at radius 3 is 2.74 bits per heavy atom. The summed E-state index contributed by atoms with van der Waals surface area (Å²) >= 11 is 0. The summed E-state index contributed by atoms with van der Waals surface area (Å²) in [6.45, 7) is 0. The first kappa shape index (κ1) is 16.1. The van der Waals surface area contributed by atoms with Crippen LogP contribution < -0.4 is 5.69 Å². The van der Waals surface area contributed by atoms with E-state index >= 15 is 0 Å². The molecule has 0 amide bonds. The molecule has 3 aromatic heterocycles. The first-order chi connectivity index (χ1) is 13.2. The molecule has 1 aliphatic carbocycles. The molecule has 0 unspecified atom stereocenters. The van der Waals surface area contributed by atoms with Gasteiger partial charge in [0.2, 0.25) is 0 Å². The molecule has 2 N–H and O–H groups in total. The molecular weight excluding hydrogens is 342 g/mol. The van der Waals surface area contributed by atoms with Gasteiger partial charge in [0.25, 0.3) is 0 Å². The molecule has 4 aromatic rings. The predicted molar refractivity (Wildman–Crippen MR) is 102 cm³/mol. The molecule has 0 atom stereocenters. The van der Waals surface area contributed by atoms with Gasteiger partial charge in [-0.05, 0) is 37.8 Å². The zero-order valence-corrected chi connectivity index (χ0v) is 14.7. The largest absolute Gasteiger partial charge is 0.393 e. The number of hydrogen-bond donors (Lipinski definition) is 2. The number of nitrogens with one attached hydrogen (secondary N) is 1. The van der Waals surface area contributed by atoms with E-state index in [1.165, 1.54) is 0 Å². The third-order valence-corrected chi connectivity index (χ3v) is 5.34. The van der Waals surface area contributed by atoms with Crippen LogP contribution in [0.25, 0.3) is 33.5 Å². The fourth-order valence-corrected chi connectivity index (χ4v) is 3.90. The Bertz CT molecular complexity index is 1190. The highest BCUT2D eigenvalue weighted by atomic mass is 16.3. The number of H-pyrrole nitrogens is 1. The second-order valence-electron chi connectivity index (χ2n) is 7.11. The molecule has 5 rings (SSSR count). The first-order valence-electron chi connectivity index (χ1n) is 9.19. The summed E-state index contributed by atoms with van der Waals surface area (Å²) in [4.78, 5) is 28.9. The third kappa shape index (κ3) is 2.80. The van der Waals surface area contributed by atoms with E-state index < -0.39 is 0 Å². The average molecular weight is 361 g/mol. The zero-order chi connectivity index (χ0) is 18.4. The molecule has 0 spiro atoms. The van der Waals surface area contributed by atoms with Crippen LogP contribution in [0.4, 0.5) is 0 Å². The minimum atomic E-state index is -0.271. The fourth-order valence-electron chi connectivity index (χ4n) is 3.90. The Kier molecular flexibility index (Phi) is 3.75. The van der Waals surface area contributed by atoms with E-state index in [1.54, 1.807) is 17.0 Å². The van der Waals surface area contributed by atoms with E-state index in [0.717, 1.165) is 29.3 Å². The number of nitrogens with zero attached hydrogens (tertiary/aromatic N) is 4. The van der Waals surface area contributed by atoms with Crippen molar-refractivity contribution in [1.29, 1.82) is 0 Å². The highest BCUT2D eigenvalue weighted by Crippen LogP contribution is 2.29. The number of imidazole rings is 1. The van der Waals surface area contributed by atoms with Crippen molar-refractivity contribution in [3.63, 3.8) is 0 Å². The Hall–Kier alpha value is -3.06. The minimum absolute atomic E-state index is 0.0360. The zero-order valence-electron chi connectivity index (χ0n) is 14.7. The molecule has 0 bridgehead atoms. The topological polar surface area (TPSA) is 96.7 Å². The van der Waals surface area contributed by atoms with Gasteiger partial charge in [-0.2, -0.15) is 0 Å². The number of aromatic nitrogens is 5. The number of fused-ring (bicyclic) bond motifs is 2. The number of hydrogen-bond acceptors (Lipinski definition) is 5. The SMILES string of the molecule is O=c1[nH]c2ncc(-c3cnc4ccccc4c3)nc2n1C1CCC(O)CC1. The number of aromatic amines is 1. The quantitative estimate of drug-likeness (QED) is 0.572. The van der Waals surface area contributed by atoms with Crippen molar-refractivity contribution >= 4 is 22.2 Å². The summed E-state index contributed by atoms with van der Waals surface area (Å²) in [5.41, 5.74) is 3.33. The van der Waals surface area contributed by atoms with E-state index in [4.69, 9.17) is 4.98 Å². The summed E-state index contributed by atoms with van der Waals surface area (Å²) in [7, 11) is 0. The van der Waals surface area contributed by atoms with Gasteiger partial charge in [0.1, 0.15) is 0 Å². The van der Waals surface area contributed by atoms with Crippen LogP contribution in [0.5, 0.6) is 0 Å². The molecule has 1 fully saturated rings. The monoisotopic (exact) mass is 361 g/mol. The lowest BCUT2D eigenvalue weighted by atomic mass is 9.93. The van der Waals surface area contributed by atoms with E-state index in [-0.39, 0.29) is 17.8 Å². The van der Waals surface area contributed by atoms with Gasteiger partial charge in [-0.25, -0.2) is 14.8 Å². The summed E-state index contributed by atoms with van der Waals surface area (Å²) in [5, 5.41) is 10.8. The maximum Gasteiger partial charge on any atom is 0.329 e. The highest BCUT2D eigenvalue weighted by Gasteiger charge is 2.25. The van der Waals surface area contributed by atoms with Crippen LogP contribution in [-0.2, 0) is 0 Å². The second-order valence-corrected chi connectivity index (χ2v) is 7.11. The summed E-state index contributed by atoms with van der Waals surface area (Å²) in [6, 6.07) is 9.98.